The van der Waals surface area contributed by atoms with Crippen molar-refractivity contribution >= 4 is 70.4 Å². The van der Waals surface area contributed by atoms with E-state index in [0.717, 1.165) is 40.8 Å². The number of aryl methyl sites for hydroxylation is 2. The molecular weight excluding hydrogens is 763 g/mol. The lowest BCUT2D eigenvalue weighted by molar-refractivity contribution is -0.112. The highest BCUT2D eigenvalue weighted by molar-refractivity contribution is 6.31. The molecule has 1 aliphatic carbocycles. The monoisotopic (exact) mass is 808 g/mol. The largest absolute Gasteiger partial charge is 0.490 e. The Balaban J connectivity index is 0.000000253. The highest BCUT2D eigenvalue weighted by atomic mass is 35.5. The molecular formula is C45H46Cl2N4O6. The topological polar surface area (TPSA) is 135 Å². The summed E-state index contributed by atoms with van der Waals surface area (Å²) in [6.45, 7) is 6.00. The second kappa shape index (κ2) is 21.9. The molecule has 0 aromatic heterocycles. The predicted octanol–water partition coefficient (Wildman–Crippen LogP) is 9.04. The number of carbonyl (C=O) groups is 4. The van der Waals surface area contributed by atoms with Crippen LogP contribution in [0.4, 0.5) is 11.4 Å². The zero-order valence-electron chi connectivity index (χ0n) is 32.6. The lowest BCUT2D eigenvalue weighted by Crippen LogP contribution is -2.20. The quantitative estimate of drug-likeness (QED) is 0.0834. The fraction of sp³-hybridized carbons (Fsp3) is 0.244. The van der Waals surface area contributed by atoms with Gasteiger partial charge in [0.25, 0.3) is 11.8 Å². The van der Waals surface area contributed by atoms with Crippen LogP contribution in [0.1, 0.15) is 75.6 Å². The van der Waals surface area contributed by atoms with Gasteiger partial charge in [0.15, 0.2) is 0 Å². The van der Waals surface area contributed by atoms with E-state index >= 15 is 0 Å². The van der Waals surface area contributed by atoms with E-state index in [9.17, 15) is 19.2 Å². The van der Waals surface area contributed by atoms with E-state index in [0.29, 0.717) is 51.0 Å². The third kappa shape index (κ3) is 13.6. The van der Waals surface area contributed by atoms with Crippen LogP contribution in [0, 0.1) is 25.7 Å². The normalized spacial score (nSPS) is 12.2. The van der Waals surface area contributed by atoms with Crippen molar-refractivity contribution in [2.24, 2.45) is 0 Å². The first-order valence-corrected chi connectivity index (χ1v) is 19.1. The molecule has 5 rings (SSSR count). The molecule has 4 amide bonds. The van der Waals surface area contributed by atoms with E-state index in [1.165, 1.54) is 45.2 Å². The van der Waals surface area contributed by atoms with Crippen LogP contribution in [-0.4, -0.2) is 50.4 Å². The molecule has 0 unspecified atom stereocenters. The summed E-state index contributed by atoms with van der Waals surface area (Å²) < 4.78 is 11.7. The van der Waals surface area contributed by atoms with Gasteiger partial charge in [-0.15, -0.1) is 5.92 Å². The van der Waals surface area contributed by atoms with Crippen molar-refractivity contribution in [1.82, 2.24) is 10.6 Å². The second-order valence-corrected chi connectivity index (χ2v) is 13.8. The van der Waals surface area contributed by atoms with Crippen LogP contribution < -0.4 is 30.7 Å². The Hall–Kier alpha value is -6.02. The zero-order chi connectivity index (χ0) is 41.3. The van der Waals surface area contributed by atoms with E-state index < -0.39 is 0 Å². The van der Waals surface area contributed by atoms with Crippen LogP contribution in [-0.2, 0) is 9.59 Å². The first-order chi connectivity index (χ1) is 27.4. The SMILES string of the molecule is CC#CCOc1cc(/C=C/C(=O)Nc2cc(Cl)ccc2C(=O)NC)ccc1C.CNC(=O)c1ccc(Cl)cc1NC(=O)/C=C/c1ccc(OC2CCCC2)c(C)c1. The molecule has 0 saturated heterocycles. The van der Waals surface area contributed by atoms with E-state index in [1.54, 1.807) is 49.4 Å². The van der Waals surface area contributed by atoms with Gasteiger partial charge < -0.3 is 30.7 Å². The van der Waals surface area contributed by atoms with Gasteiger partial charge >= 0.3 is 0 Å². The predicted molar refractivity (Wildman–Crippen MR) is 229 cm³/mol. The maximum absolute atomic E-state index is 12.3. The van der Waals surface area contributed by atoms with Gasteiger partial charge in [0.1, 0.15) is 18.1 Å². The number of benzene rings is 4. The standard InChI is InChI=1S/C23H25ClN2O3.C22H21ClN2O3/c1-15-13-16(7-11-21(15)29-18-5-3-4-6-18)8-12-22(27)26-20-14-17(24)9-10-19(20)23(28)25-2;1-4-5-12-28-20-13-16(7-6-15(20)2)8-11-21(26)25-19-14-17(23)9-10-18(19)22(27)24-3/h7-14,18H,3-6H2,1-2H3,(H,25,28)(H,26,27);6-11,13-14H,12H2,1-3H3,(H,24,27)(H,25,26)/b12-8+;11-8+. The van der Waals surface area contributed by atoms with E-state index in [2.05, 4.69) is 33.1 Å². The molecule has 4 aromatic rings. The Labute approximate surface area is 344 Å². The van der Waals surface area contributed by atoms with Crippen LogP contribution in [0.25, 0.3) is 12.2 Å². The number of anilines is 2. The molecule has 1 saturated carbocycles. The molecule has 1 aliphatic rings. The number of nitrogens with one attached hydrogen (secondary N) is 4. The summed E-state index contributed by atoms with van der Waals surface area (Å²) in [5.74, 6) is 5.89. The molecule has 296 valence electrons. The highest BCUT2D eigenvalue weighted by Crippen LogP contribution is 2.28. The molecule has 0 atom stereocenters. The van der Waals surface area contributed by atoms with Crippen molar-refractivity contribution in [1.29, 1.82) is 0 Å². The number of hydrogen-bond donors (Lipinski definition) is 4. The summed E-state index contributed by atoms with van der Waals surface area (Å²) in [6, 6.07) is 20.9. The summed E-state index contributed by atoms with van der Waals surface area (Å²) in [6.07, 6.45) is 11.2. The number of ether oxygens (including phenoxy) is 2. The van der Waals surface area contributed by atoms with Crippen molar-refractivity contribution in [3.05, 3.63) is 128 Å². The third-order valence-electron chi connectivity index (χ3n) is 8.76. The molecule has 0 spiro atoms. The summed E-state index contributed by atoms with van der Waals surface area (Å²) in [7, 11) is 3.05. The molecule has 4 N–H and O–H groups in total. The molecule has 1 fully saturated rings. The number of rotatable bonds is 12. The minimum atomic E-state index is -0.382. The zero-order valence-corrected chi connectivity index (χ0v) is 34.1. The maximum atomic E-state index is 12.3. The summed E-state index contributed by atoms with van der Waals surface area (Å²) in [4.78, 5) is 48.5. The van der Waals surface area contributed by atoms with Crippen LogP contribution >= 0.6 is 23.2 Å². The average Bonchev–Trinajstić information content (AvgIpc) is 3.71. The van der Waals surface area contributed by atoms with E-state index in [1.807, 2.05) is 50.2 Å². The van der Waals surface area contributed by atoms with Gasteiger partial charge in [-0.2, -0.15) is 0 Å². The third-order valence-corrected chi connectivity index (χ3v) is 9.23. The van der Waals surface area contributed by atoms with Gasteiger partial charge in [-0.25, -0.2) is 0 Å². The van der Waals surface area contributed by atoms with Gasteiger partial charge in [0, 0.05) is 36.3 Å². The Bertz CT molecular complexity index is 2220. The van der Waals surface area contributed by atoms with Crippen LogP contribution in [0.5, 0.6) is 11.5 Å². The minimum Gasteiger partial charge on any atom is -0.490 e. The fourth-order valence-electron chi connectivity index (χ4n) is 5.75. The Morgan fingerprint density at radius 1 is 0.702 bits per heavy atom. The first kappa shape index (κ1) is 43.7. The number of carbonyl (C=O) groups excluding carboxylic acids is 4. The molecule has 0 bridgehead atoms. The molecule has 0 aliphatic heterocycles. The van der Waals surface area contributed by atoms with Crippen molar-refractivity contribution < 1.29 is 28.7 Å². The molecule has 57 heavy (non-hydrogen) atoms. The first-order valence-electron chi connectivity index (χ1n) is 18.3. The van der Waals surface area contributed by atoms with Gasteiger partial charge in [-0.3, -0.25) is 19.2 Å². The van der Waals surface area contributed by atoms with Crippen LogP contribution in [0.3, 0.4) is 0 Å². The highest BCUT2D eigenvalue weighted by Gasteiger charge is 2.17. The Kier molecular flexibility index (Phi) is 16.8. The maximum Gasteiger partial charge on any atom is 0.253 e. The fourth-order valence-corrected chi connectivity index (χ4v) is 6.10. The molecule has 12 heteroatoms. The smallest absolute Gasteiger partial charge is 0.253 e. The van der Waals surface area contributed by atoms with Gasteiger partial charge in [-0.05, 0) is 135 Å². The minimum absolute atomic E-state index is 0.297. The van der Waals surface area contributed by atoms with Crippen LogP contribution in [0.15, 0.2) is 84.9 Å². The Morgan fingerprint density at radius 3 is 1.74 bits per heavy atom. The van der Waals surface area contributed by atoms with Crippen molar-refractivity contribution in [3.8, 4) is 23.3 Å². The lowest BCUT2D eigenvalue weighted by atomic mass is 10.1. The Morgan fingerprint density at radius 2 is 1.23 bits per heavy atom. The van der Waals surface area contributed by atoms with Crippen molar-refractivity contribution in [3.63, 3.8) is 0 Å². The average molecular weight is 810 g/mol. The molecule has 0 radical (unpaired) electrons. The van der Waals surface area contributed by atoms with E-state index in [-0.39, 0.29) is 23.6 Å². The lowest BCUT2D eigenvalue weighted by Gasteiger charge is -2.15. The number of amides is 4. The summed E-state index contributed by atoms with van der Waals surface area (Å²) in [5, 5.41) is 11.3. The molecule has 0 heterocycles. The number of hydrogen-bond acceptors (Lipinski definition) is 6. The second-order valence-electron chi connectivity index (χ2n) is 13.0. The van der Waals surface area contributed by atoms with Gasteiger partial charge in [0.2, 0.25) is 11.8 Å². The number of halogens is 2. The van der Waals surface area contributed by atoms with Crippen LogP contribution in [0.2, 0.25) is 10.0 Å². The van der Waals surface area contributed by atoms with Gasteiger partial charge in [-0.1, -0.05) is 47.3 Å². The summed E-state index contributed by atoms with van der Waals surface area (Å²) in [5.41, 5.74) is 5.10. The van der Waals surface area contributed by atoms with E-state index in [4.69, 9.17) is 32.7 Å². The van der Waals surface area contributed by atoms with Gasteiger partial charge in [0.05, 0.1) is 28.6 Å². The molecule has 10 nitrogen and oxygen atoms in total. The summed E-state index contributed by atoms with van der Waals surface area (Å²) >= 11 is 12.0. The van der Waals surface area contributed by atoms with Crippen molar-refractivity contribution in [2.45, 2.75) is 52.6 Å². The molecule has 4 aromatic carbocycles. The van der Waals surface area contributed by atoms with Crippen molar-refractivity contribution in [2.75, 3.05) is 31.3 Å².